The molecule has 8 nitrogen and oxygen atoms in total. The van der Waals surface area contributed by atoms with Gasteiger partial charge in [-0.3, -0.25) is 14.8 Å². The van der Waals surface area contributed by atoms with Crippen molar-refractivity contribution >= 4 is 39.4 Å². The minimum Gasteiger partial charge on any atom is -0.481 e. The number of aliphatic imine (C=N–C) groups is 1. The number of carboxylic acids is 1. The number of nitrogens with one attached hydrogen (secondary N) is 2. The normalized spacial score (nSPS) is 19.1. The Kier molecular flexibility index (Phi) is 6.00. The van der Waals surface area contributed by atoms with Crippen LogP contribution in [0.15, 0.2) is 47.7 Å². The van der Waals surface area contributed by atoms with Gasteiger partial charge in [0, 0.05) is 42.7 Å². The lowest BCUT2D eigenvalue weighted by molar-refractivity contribution is -0.137. The third-order valence-electron chi connectivity index (χ3n) is 5.51. The standard InChI is InChI=1S/C23H24N4O4S/c28-21(29)10-16-13-32-23(26-16)20-9-14-8-18(31-17-2-1-5-24-12-17)11-19(22(14)27-20)25-15-3-6-30-7-4-15/h1-2,5,8-9,11-12,15-16,25,27H,3-4,6-7,10,13H2,(H,28,29). The lowest BCUT2D eigenvalue weighted by Crippen LogP contribution is -2.27. The first-order valence-electron chi connectivity index (χ1n) is 10.7. The number of aliphatic carboxylic acids is 1. The average Bonchev–Trinajstić information content (AvgIpc) is 3.42. The molecule has 1 aromatic carbocycles. The number of benzene rings is 1. The van der Waals surface area contributed by atoms with Gasteiger partial charge in [0.25, 0.3) is 0 Å². The lowest BCUT2D eigenvalue weighted by atomic mass is 10.1. The first-order valence-corrected chi connectivity index (χ1v) is 11.6. The van der Waals surface area contributed by atoms with E-state index in [-0.39, 0.29) is 12.5 Å². The molecule has 2 aliphatic heterocycles. The second-order valence-corrected chi connectivity index (χ2v) is 8.95. The van der Waals surface area contributed by atoms with E-state index in [2.05, 4.69) is 26.3 Å². The van der Waals surface area contributed by atoms with E-state index in [0.717, 1.165) is 59.1 Å². The van der Waals surface area contributed by atoms with Gasteiger partial charge in [-0.1, -0.05) is 0 Å². The second-order valence-electron chi connectivity index (χ2n) is 7.94. The molecule has 3 N–H and O–H groups in total. The van der Waals surface area contributed by atoms with Crippen molar-refractivity contribution in [3.8, 4) is 11.5 Å². The molecule has 2 aromatic heterocycles. The minimum absolute atomic E-state index is 0.0520. The molecule has 0 radical (unpaired) electrons. The topological polar surface area (TPSA) is 109 Å². The Balaban J connectivity index is 1.48. The highest BCUT2D eigenvalue weighted by atomic mass is 32.2. The maximum absolute atomic E-state index is 11.0. The highest BCUT2D eigenvalue weighted by Gasteiger charge is 2.24. The molecule has 166 valence electrons. The van der Waals surface area contributed by atoms with E-state index >= 15 is 0 Å². The van der Waals surface area contributed by atoms with Crippen LogP contribution < -0.4 is 10.1 Å². The van der Waals surface area contributed by atoms with Crippen molar-refractivity contribution in [2.24, 2.45) is 4.99 Å². The Morgan fingerprint density at radius 3 is 2.94 bits per heavy atom. The highest BCUT2D eigenvalue weighted by Crippen LogP contribution is 2.35. The molecule has 1 atom stereocenters. The summed E-state index contributed by atoms with van der Waals surface area (Å²) in [6.07, 6.45) is 5.34. The van der Waals surface area contributed by atoms with Crippen molar-refractivity contribution in [1.29, 1.82) is 0 Å². The van der Waals surface area contributed by atoms with Crippen molar-refractivity contribution in [3.05, 3.63) is 48.4 Å². The van der Waals surface area contributed by atoms with Gasteiger partial charge in [-0.15, -0.1) is 11.8 Å². The van der Waals surface area contributed by atoms with Gasteiger partial charge >= 0.3 is 5.97 Å². The van der Waals surface area contributed by atoms with Gasteiger partial charge in [-0.25, -0.2) is 0 Å². The molecular formula is C23H24N4O4S. The van der Waals surface area contributed by atoms with E-state index in [1.807, 2.05) is 24.3 Å². The minimum atomic E-state index is -0.822. The fourth-order valence-electron chi connectivity index (χ4n) is 3.98. The summed E-state index contributed by atoms with van der Waals surface area (Å²) in [5.41, 5.74) is 2.84. The first kappa shape index (κ1) is 20.8. The maximum Gasteiger partial charge on any atom is 0.305 e. The first-order chi connectivity index (χ1) is 15.6. The van der Waals surface area contributed by atoms with Gasteiger partial charge in [0.05, 0.1) is 35.6 Å². The summed E-state index contributed by atoms with van der Waals surface area (Å²) in [6, 6.07) is 9.89. The molecule has 0 spiro atoms. The molecule has 2 aliphatic rings. The van der Waals surface area contributed by atoms with Gasteiger partial charge in [0.15, 0.2) is 0 Å². The molecule has 5 rings (SSSR count). The molecule has 3 aromatic rings. The summed E-state index contributed by atoms with van der Waals surface area (Å²) in [4.78, 5) is 23.3. The number of aromatic nitrogens is 2. The number of carbonyl (C=O) groups is 1. The molecule has 0 saturated carbocycles. The SMILES string of the molecule is O=C(O)CC1CSC(c2cc3cc(Oc4cccnc4)cc(NC4CCOCC4)c3[nH]2)=N1. The van der Waals surface area contributed by atoms with Crippen LogP contribution in [-0.4, -0.2) is 57.1 Å². The van der Waals surface area contributed by atoms with Crippen molar-refractivity contribution in [3.63, 3.8) is 0 Å². The molecular weight excluding hydrogens is 428 g/mol. The Labute approximate surface area is 189 Å². The van der Waals surface area contributed by atoms with Crippen LogP contribution >= 0.6 is 11.8 Å². The summed E-state index contributed by atoms with van der Waals surface area (Å²) in [6.45, 7) is 1.50. The van der Waals surface area contributed by atoms with Crippen LogP contribution in [0.3, 0.4) is 0 Å². The molecule has 1 fully saturated rings. The summed E-state index contributed by atoms with van der Waals surface area (Å²) in [5, 5.41) is 14.6. The predicted octanol–water partition coefficient (Wildman–Crippen LogP) is 4.28. The van der Waals surface area contributed by atoms with Crippen LogP contribution in [0.25, 0.3) is 10.9 Å². The van der Waals surface area contributed by atoms with Crippen LogP contribution in [0.4, 0.5) is 5.69 Å². The number of thioether (sulfide) groups is 1. The fraction of sp³-hybridized carbons (Fsp3) is 0.348. The van der Waals surface area contributed by atoms with Crippen LogP contribution in [0.1, 0.15) is 25.0 Å². The fourth-order valence-corrected chi connectivity index (χ4v) is 5.01. The van der Waals surface area contributed by atoms with Crippen LogP contribution in [0, 0.1) is 0 Å². The number of nitrogens with zero attached hydrogens (tertiary/aromatic N) is 2. The van der Waals surface area contributed by atoms with Gasteiger partial charge in [0.1, 0.15) is 16.5 Å². The van der Waals surface area contributed by atoms with Gasteiger partial charge in [-0.2, -0.15) is 0 Å². The van der Waals surface area contributed by atoms with Crippen molar-refractivity contribution in [2.45, 2.75) is 31.3 Å². The Hall–Kier alpha value is -3.04. The number of ether oxygens (including phenoxy) is 2. The quantitative estimate of drug-likeness (QED) is 0.491. The highest BCUT2D eigenvalue weighted by molar-refractivity contribution is 8.14. The zero-order valence-electron chi connectivity index (χ0n) is 17.4. The third kappa shape index (κ3) is 4.73. The number of pyridine rings is 1. The van der Waals surface area contributed by atoms with E-state index < -0.39 is 5.97 Å². The van der Waals surface area contributed by atoms with Crippen molar-refractivity contribution < 1.29 is 19.4 Å². The van der Waals surface area contributed by atoms with Crippen LogP contribution in [0.5, 0.6) is 11.5 Å². The third-order valence-corrected chi connectivity index (χ3v) is 6.66. The summed E-state index contributed by atoms with van der Waals surface area (Å²) in [7, 11) is 0. The Bertz CT molecular complexity index is 1140. The van der Waals surface area contributed by atoms with E-state index in [1.165, 1.54) is 0 Å². The van der Waals surface area contributed by atoms with Gasteiger partial charge in [-0.05, 0) is 37.1 Å². The zero-order valence-corrected chi connectivity index (χ0v) is 18.2. The van der Waals surface area contributed by atoms with Crippen LogP contribution in [-0.2, 0) is 9.53 Å². The maximum atomic E-state index is 11.0. The molecule has 9 heteroatoms. The van der Waals surface area contributed by atoms with E-state index in [1.54, 1.807) is 24.2 Å². The van der Waals surface area contributed by atoms with Gasteiger partial charge in [0.2, 0.25) is 0 Å². The number of anilines is 1. The summed E-state index contributed by atoms with van der Waals surface area (Å²) in [5.74, 6) is 1.25. The van der Waals surface area contributed by atoms with Crippen LogP contribution in [0.2, 0.25) is 0 Å². The number of hydrogen-bond acceptors (Lipinski definition) is 7. The number of rotatable bonds is 7. The monoisotopic (exact) mass is 452 g/mol. The molecule has 1 unspecified atom stereocenters. The Morgan fingerprint density at radius 1 is 1.28 bits per heavy atom. The summed E-state index contributed by atoms with van der Waals surface area (Å²) >= 11 is 1.59. The number of hydrogen-bond donors (Lipinski definition) is 3. The molecule has 0 amide bonds. The molecule has 1 saturated heterocycles. The molecule has 4 heterocycles. The van der Waals surface area contributed by atoms with E-state index in [0.29, 0.717) is 17.5 Å². The zero-order chi connectivity index (χ0) is 21.9. The second kappa shape index (κ2) is 9.22. The predicted molar refractivity (Wildman–Crippen MR) is 125 cm³/mol. The molecule has 0 bridgehead atoms. The number of carboxylic acid groups (broad SMARTS) is 1. The number of aromatic amines is 1. The lowest BCUT2D eigenvalue weighted by Gasteiger charge is -2.24. The van der Waals surface area contributed by atoms with E-state index in [4.69, 9.17) is 14.6 Å². The average molecular weight is 453 g/mol. The number of fused-ring (bicyclic) bond motifs is 1. The Morgan fingerprint density at radius 2 is 2.16 bits per heavy atom. The molecule has 0 aliphatic carbocycles. The van der Waals surface area contributed by atoms with Gasteiger partial charge < -0.3 is 24.9 Å². The smallest absolute Gasteiger partial charge is 0.305 e. The van der Waals surface area contributed by atoms with E-state index in [9.17, 15) is 4.79 Å². The molecule has 32 heavy (non-hydrogen) atoms. The van der Waals surface area contributed by atoms with Crippen molar-refractivity contribution in [2.75, 3.05) is 24.3 Å². The summed E-state index contributed by atoms with van der Waals surface area (Å²) < 4.78 is 11.6. The van der Waals surface area contributed by atoms with Crippen molar-refractivity contribution in [1.82, 2.24) is 9.97 Å². The number of H-pyrrole nitrogens is 1. The largest absolute Gasteiger partial charge is 0.481 e.